The summed E-state index contributed by atoms with van der Waals surface area (Å²) in [6.07, 6.45) is 1.59. The van der Waals surface area contributed by atoms with Crippen LogP contribution in [0.25, 0.3) is 0 Å². The normalized spacial score (nSPS) is 11.3. The van der Waals surface area contributed by atoms with Crippen molar-refractivity contribution in [3.8, 4) is 5.75 Å². The van der Waals surface area contributed by atoms with Gasteiger partial charge in [-0.2, -0.15) is 0 Å². The van der Waals surface area contributed by atoms with Crippen molar-refractivity contribution in [2.75, 3.05) is 0 Å². The van der Waals surface area contributed by atoms with Crippen molar-refractivity contribution in [2.45, 2.75) is 12.5 Å². The molecule has 0 saturated heterocycles. The van der Waals surface area contributed by atoms with Gasteiger partial charge < -0.3 is 10.1 Å². The summed E-state index contributed by atoms with van der Waals surface area (Å²) in [5.74, 6) is 0.232. The van der Waals surface area contributed by atoms with Gasteiger partial charge in [0.25, 0.3) is 5.69 Å². The minimum absolute atomic E-state index is 0.0641. The van der Waals surface area contributed by atoms with E-state index in [0.717, 1.165) is 5.56 Å². The lowest BCUT2D eigenvalue weighted by molar-refractivity contribution is -0.384. The van der Waals surface area contributed by atoms with Crippen molar-refractivity contribution in [1.82, 2.24) is 5.32 Å². The maximum absolute atomic E-state index is 11.9. The van der Waals surface area contributed by atoms with Gasteiger partial charge in [-0.25, -0.2) is 4.79 Å². The van der Waals surface area contributed by atoms with Gasteiger partial charge in [0.1, 0.15) is 5.75 Å². The van der Waals surface area contributed by atoms with Crippen LogP contribution in [0.15, 0.2) is 67.3 Å². The fourth-order valence-corrected chi connectivity index (χ4v) is 1.99. The molecular formula is C17H16N2O4. The van der Waals surface area contributed by atoms with Gasteiger partial charge in [0, 0.05) is 12.1 Å². The molecule has 118 valence electrons. The molecule has 23 heavy (non-hydrogen) atoms. The van der Waals surface area contributed by atoms with Gasteiger partial charge in [0.05, 0.1) is 11.0 Å². The number of rotatable bonds is 6. The number of hydrogen-bond donors (Lipinski definition) is 1. The Labute approximate surface area is 133 Å². The number of amides is 1. The van der Waals surface area contributed by atoms with Crippen molar-refractivity contribution in [2.24, 2.45) is 0 Å². The van der Waals surface area contributed by atoms with Crippen molar-refractivity contribution in [3.05, 3.63) is 82.9 Å². The lowest BCUT2D eigenvalue weighted by atomic mass is 10.1. The summed E-state index contributed by atoms with van der Waals surface area (Å²) in [6.45, 7) is 3.70. The van der Waals surface area contributed by atoms with Crippen LogP contribution in [0.5, 0.6) is 5.75 Å². The van der Waals surface area contributed by atoms with Crippen LogP contribution in [0.2, 0.25) is 0 Å². The number of carbonyl (C=O) groups excluding carboxylic acids is 1. The number of nitro benzene ring substituents is 1. The highest BCUT2D eigenvalue weighted by atomic mass is 16.6. The number of nitrogens with zero attached hydrogens (tertiary/aromatic N) is 1. The Balaban J connectivity index is 1.92. The van der Waals surface area contributed by atoms with Crippen LogP contribution in [0.4, 0.5) is 10.5 Å². The van der Waals surface area contributed by atoms with Gasteiger partial charge in [-0.05, 0) is 24.1 Å². The van der Waals surface area contributed by atoms with Crippen LogP contribution in [-0.4, -0.2) is 17.1 Å². The largest absolute Gasteiger partial charge is 0.413 e. The SMILES string of the molecule is C=CC(Cc1ccccc1)NC(=O)Oc1ccc([N+](=O)[O-])cc1. The average Bonchev–Trinajstić information content (AvgIpc) is 2.55. The van der Waals surface area contributed by atoms with Crippen molar-refractivity contribution < 1.29 is 14.5 Å². The van der Waals surface area contributed by atoms with Crippen LogP contribution in [0.3, 0.4) is 0 Å². The molecule has 0 aliphatic carbocycles. The molecule has 6 heteroatoms. The molecule has 0 fully saturated rings. The minimum atomic E-state index is -0.639. The Morgan fingerprint density at radius 1 is 1.22 bits per heavy atom. The molecule has 0 aromatic heterocycles. The molecule has 0 saturated carbocycles. The van der Waals surface area contributed by atoms with Crippen LogP contribution < -0.4 is 10.1 Å². The van der Waals surface area contributed by atoms with Crippen molar-refractivity contribution in [1.29, 1.82) is 0 Å². The lowest BCUT2D eigenvalue weighted by Crippen LogP contribution is -2.36. The van der Waals surface area contributed by atoms with Gasteiger partial charge in [0.2, 0.25) is 0 Å². The van der Waals surface area contributed by atoms with Crippen molar-refractivity contribution >= 4 is 11.8 Å². The third kappa shape index (κ3) is 4.96. The molecule has 1 unspecified atom stereocenters. The van der Waals surface area contributed by atoms with Gasteiger partial charge in [-0.3, -0.25) is 10.1 Å². The monoisotopic (exact) mass is 312 g/mol. The number of ether oxygens (including phenoxy) is 1. The summed E-state index contributed by atoms with van der Waals surface area (Å²) < 4.78 is 5.10. The molecular weight excluding hydrogens is 296 g/mol. The second-order valence-corrected chi connectivity index (χ2v) is 4.82. The summed E-state index contributed by atoms with van der Waals surface area (Å²) in [5, 5.41) is 13.3. The molecule has 2 aromatic rings. The van der Waals surface area contributed by atoms with E-state index in [1.807, 2.05) is 30.3 Å². The maximum atomic E-state index is 11.9. The lowest BCUT2D eigenvalue weighted by Gasteiger charge is -2.14. The van der Waals surface area contributed by atoms with E-state index in [2.05, 4.69) is 11.9 Å². The van der Waals surface area contributed by atoms with E-state index in [1.54, 1.807) is 6.08 Å². The molecule has 1 N–H and O–H groups in total. The number of non-ortho nitro benzene ring substituents is 1. The summed E-state index contributed by atoms with van der Waals surface area (Å²) >= 11 is 0. The Hall–Kier alpha value is -3.15. The Morgan fingerprint density at radius 2 is 1.87 bits per heavy atom. The molecule has 0 bridgehead atoms. The van der Waals surface area contributed by atoms with E-state index in [0.29, 0.717) is 6.42 Å². The third-order valence-corrected chi connectivity index (χ3v) is 3.14. The highest BCUT2D eigenvalue weighted by Crippen LogP contribution is 2.17. The van der Waals surface area contributed by atoms with E-state index < -0.39 is 11.0 Å². The van der Waals surface area contributed by atoms with E-state index in [-0.39, 0.29) is 17.5 Å². The van der Waals surface area contributed by atoms with Crippen molar-refractivity contribution in [3.63, 3.8) is 0 Å². The first-order chi connectivity index (χ1) is 11.1. The first-order valence-electron chi connectivity index (χ1n) is 6.98. The number of nitrogens with one attached hydrogen (secondary N) is 1. The predicted molar refractivity (Wildman–Crippen MR) is 86.4 cm³/mol. The summed E-state index contributed by atoms with van der Waals surface area (Å²) in [4.78, 5) is 21.9. The number of carbonyl (C=O) groups is 1. The maximum Gasteiger partial charge on any atom is 0.413 e. The van der Waals surface area contributed by atoms with Crippen LogP contribution in [-0.2, 0) is 6.42 Å². The predicted octanol–water partition coefficient (Wildman–Crippen LogP) is 3.48. The second-order valence-electron chi connectivity index (χ2n) is 4.82. The van der Waals surface area contributed by atoms with Gasteiger partial charge in [-0.15, -0.1) is 6.58 Å². The third-order valence-electron chi connectivity index (χ3n) is 3.14. The molecule has 1 amide bonds. The van der Waals surface area contributed by atoms with Gasteiger partial charge in [0.15, 0.2) is 0 Å². The summed E-state index contributed by atoms with van der Waals surface area (Å²) in [6, 6.07) is 14.7. The quantitative estimate of drug-likeness (QED) is 0.503. The topological polar surface area (TPSA) is 81.5 Å². The van der Waals surface area contributed by atoms with E-state index in [1.165, 1.54) is 24.3 Å². The molecule has 2 rings (SSSR count). The molecule has 0 aliphatic heterocycles. The number of hydrogen-bond acceptors (Lipinski definition) is 4. The molecule has 0 radical (unpaired) electrons. The highest BCUT2D eigenvalue weighted by molar-refractivity contribution is 5.71. The summed E-state index contributed by atoms with van der Waals surface area (Å²) in [7, 11) is 0. The Kier molecular flexibility index (Phi) is 5.46. The molecule has 1 atom stereocenters. The fourth-order valence-electron chi connectivity index (χ4n) is 1.99. The first-order valence-corrected chi connectivity index (χ1v) is 6.98. The number of benzene rings is 2. The zero-order chi connectivity index (χ0) is 16.7. The zero-order valence-corrected chi connectivity index (χ0v) is 12.3. The number of nitro groups is 1. The fraction of sp³-hybridized carbons (Fsp3) is 0.118. The van der Waals surface area contributed by atoms with E-state index in [4.69, 9.17) is 4.74 Å². The molecule has 0 spiro atoms. The zero-order valence-electron chi connectivity index (χ0n) is 12.3. The van der Waals surface area contributed by atoms with Gasteiger partial charge in [-0.1, -0.05) is 36.4 Å². The van der Waals surface area contributed by atoms with E-state index >= 15 is 0 Å². The summed E-state index contributed by atoms with van der Waals surface area (Å²) in [5.41, 5.74) is 0.999. The van der Waals surface area contributed by atoms with Crippen LogP contribution in [0, 0.1) is 10.1 Å². The molecule has 2 aromatic carbocycles. The first kappa shape index (κ1) is 16.2. The molecule has 6 nitrogen and oxygen atoms in total. The Bertz CT molecular complexity index is 683. The van der Waals surface area contributed by atoms with Crippen LogP contribution >= 0.6 is 0 Å². The van der Waals surface area contributed by atoms with Crippen LogP contribution in [0.1, 0.15) is 5.56 Å². The molecule has 0 aliphatic rings. The standard InChI is InChI=1S/C17H16N2O4/c1-2-14(12-13-6-4-3-5-7-13)18-17(20)23-16-10-8-15(9-11-16)19(21)22/h2-11,14H,1,12H2,(H,18,20). The highest BCUT2D eigenvalue weighted by Gasteiger charge is 2.12. The minimum Gasteiger partial charge on any atom is -0.410 e. The average molecular weight is 312 g/mol. The second kappa shape index (κ2) is 7.74. The Morgan fingerprint density at radius 3 is 2.43 bits per heavy atom. The van der Waals surface area contributed by atoms with Gasteiger partial charge >= 0.3 is 6.09 Å². The van der Waals surface area contributed by atoms with E-state index in [9.17, 15) is 14.9 Å². The smallest absolute Gasteiger partial charge is 0.410 e. The molecule has 0 heterocycles.